The smallest absolute Gasteiger partial charge is 0.243 e. The van der Waals surface area contributed by atoms with E-state index in [-0.39, 0.29) is 11.9 Å². The normalized spacial score (nSPS) is 13.8. The first-order chi connectivity index (χ1) is 9.61. The molecule has 0 bridgehead atoms. The van der Waals surface area contributed by atoms with Gasteiger partial charge in [-0.25, -0.2) is 4.98 Å². The fourth-order valence-electron chi connectivity index (χ4n) is 1.81. The Bertz CT molecular complexity index is 570. The fraction of sp³-hybridized carbons (Fsp3) is 0.333. The van der Waals surface area contributed by atoms with Crippen LogP contribution in [-0.4, -0.2) is 10.9 Å². The lowest BCUT2D eigenvalue weighted by molar-refractivity contribution is -0.121. The summed E-state index contributed by atoms with van der Waals surface area (Å²) in [7, 11) is 0. The van der Waals surface area contributed by atoms with Gasteiger partial charge in [0.05, 0.1) is 6.04 Å². The minimum absolute atomic E-state index is 0.127. The van der Waals surface area contributed by atoms with Crippen LogP contribution in [0.2, 0.25) is 0 Å². The number of hydrogen-bond donors (Lipinski definition) is 1. The van der Waals surface area contributed by atoms with Gasteiger partial charge in [-0.1, -0.05) is 37.3 Å². The molecule has 0 spiro atoms. The van der Waals surface area contributed by atoms with Crippen molar-refractivity contribution in [2.24, 2.45) is 0 Å². The van der Waals surface area contributed by atoms with Crippen LogP contribution in [0.15, 0.2) is 36.5 Å². The van der Waals surface area contributed by atoms with Crippen LogP contribution in [0.25, 0.3) is 0 Å². The van der Waals surface area contributed by atoms with Gasteiger partial charge in [0.1, 0.15) is 10.4 Å². The number of aryl methyl sites for hydroxylation is 1. The van der Waals surface area contributed by atoms with Gasteiger partial charge in [-0.2, -0.15) is 0 Å². The minimum atomic E-state index is -0.677. The van der Waals surface area contributed by atoms with Crippen molar-refractivity contribution in [2.75, 3.05) is 0 Å². The zero-order valence-electron chi connectivity index (χ0n) is 11.5. The van der Waals surface area contributed by atoms with Crippen molar-refractivity contribution in [1.29, 1.82) is 0 Å². The maximum atomic E-state index is 12.1. The second kappa shape index (κ2) is 6.86. The number of benzene rings is 1. The van der Waals surface area contributed by atoms with Crippen LogP contribution < -0.4 is 5.32 Å². The number of nitrogens with one attached hydrogen (secondary N) is 1. The predicted octanol–water partition coefficient (Wildman–Crippen LogP) is 3.86. The molecule has 2 unspecified atom stereocenters. The second-order valence-corrected chi connectivity index (χ2v) is 6.11. The Hall–Kier alpha value is -1.39. The molecule has 106 valence electrons. The zero-order valence-corrected chi connectivity index (χ0v) is 13.0. The number of hydrogen-bond acceptors (Lipinski definition) is 3. The SMILES string of the molecule is CCc1cnc(C(C)NC(=O)C(Cl)c2ccccc2)s1. The zero-order chi connectivity index (χ0) is 14.5. The Labute approximate surface area is 128 Å². The average molecular weight is 309 g/mol. The molecule has 0 aliphatic heterocycles. The summed E-state index contributed by atoms with van der Waals surface area (Å²) in [5.41, 5.74) is 0.798. The third-order valence-corrected chi connectivity index (χ3v) is 4.75. The Balaban J connectivity index is 2.00. The first-order valence-corrected chi connectivity index (χ1v) is 7.81. The van der Waals surface area contributed by atoms with Gasteiger partial charge >= 0.3 is 0 Å². The van der Waals surface area contributed by atoms with Gasteiger partial charge in [0, 0.05) is 11.1 Å². The second-order valence-electron chi connectivity index (χ2n) is 4.52. The third kappa shape index (κ3) is 3.58. The molecule has 1 amide bonds. The highest BCUT2D eigenvalue weighted by Crippen LogP contribution is 2.24. The molecule has 20 heavy (non-hydrogen) atoms. The largest absolute Gasteiger partial charge is 0.346 e. The molecule has 0 fully saturated rings. The Morgan fingerprint density at radius 3 is 2.70 bits per heavy atom. The van der Waals surface area contributed by atoms with Gasteiger partial charge in [-0.05, 0) is 18.9 Å². The summed E-state index contributed by atoms with van der Waals surface area (Å²) in [6, 6.07) is 9.21. The summed E-state index contributed by atoms with van der Waals surface area (Å²) in [5, 5.41) is 3.14. The molecule has 1 aromatic heterocycles. The highest BCUT2D eigenvalue weighted by atomic mass is 35.5. The molecule has 2 aromatic rings. The standard InChI is InChI=1S/C15H17ClN2OS/c1-3-12-9-17-15(20-12)10(2)18-14(19)13(16)11-7-5-4-6-8-11/h4-10,13H,3H2,1-2H3,(H,18,19). The molecule has 5 heteroatoms. The number of halogens is 1. The maximum absolute atomic E-state index is 12.1. The Morgan fingerprint density at radius 1 is 1.40 bits per heavy atom. The van der Waals surface area contributed by atoms with Gasteiger partial charge in [-0.15, -0.1) is 22.9 Å². The summed E-state index contributed by atoms with van der Waals surface area (Å²) in [4.78, 5) is 17.7. The van der Waals surface area contributed by atoms with Gasteiger partial charge < -0.3 is 5.32 Å². The summed E-state index contributed by atoms with van der Waals surface area (Å²) in [6.07, 6.45) is 2.82. The van der Waals surface area contributed by atoms with Crippen LogP contribution >= 0.6 is 22.9 Å². The molecular weight excluding hydrogens is 292 g/mol. The van der Waals surface area contributed by atoms with E-state index >= 15 is 0 Å². The lowest BCUT2D eigenvalue weighted by atomic mass is 10.1. The predicted molar refractivity (Wildman–Crippen MR) is 83.1 cm³/mol. The molecular formula is C15H17ClN2OS. The molecule has 3 nitrogen and oxygen atoms in total. The van der Waals surface area contributed by atoms with E-state index in [1.54, 1.807) is 11.3 Å². The van der Waals surface area contributed by atoms with Crippen molar-refractivity contribution in [2.45, 2.75) is 31.7 Å². The van der Waals surface area contributed by atoms with Gasteiger partial charge in [0.2, 0.25) is 5.91 Å². The maximum Gasteiger partial charge on any atom is 0.243 e. The van der Waals surface area contributed by atoms with Crippen molar-refractivity contribution < 1.29 is 4.79 Å². The molecule has 1 aromatic carbocycles. The number of aromatic nitrogens is 1. The number of alkyl halides is 1. The summed E-state index contributed by atoms with van der Waals surface area (Å²) in [5.74, 6) is -0.196. The molecule has 1 N–H and O–H groups in total. The van der Waals surface area contributed by atoms with E-state index < -0.39 is 5.38 Å². The molecule has 2 atom stereocenters. The lowest BCUT2D eigenvalue weighted by Gasteiger charge is -2.15. The summed E-state index contributed by atoms with van der Waals surface area (Å²) >= 11 is 7.81. The Morgan fingerprint density at radius 2 is 2.10 bits per heavy atom. The van der Waals surface area contributed by atoms with E-state index in [0.717, 1.165) is 17.0 Å². The van der Waals surface area contributed by atoms with Gasteiger partial charge in [0.15, 0.2) is 0 Å². The van der Waals surface area contributed by atoms with Crippen LogP contribution in [0.3, 0.4) is 0 Å². The fourth-order valence-corrected chi connectivity index (χ4v) is 2.88. The number of thiazole rings is 1. The van der Waals surface area contributed by atoms with E-state index in [1.807, 2.05) is 43.5 Å². The molecule has 0 saturated heterocycles. The quantitative estimate of drug-likeness (QED) is 0.852. The monoisotopic (exact) mass is 308 g/mol. The van der Waals surface area contributed by atoms with Crippen LogP contribution in [0.5, 0.6) is 0 Å². The number of nitrogens with zero attached hydrogens (tertiary/aromatic N) is 1. The van der Waals surface area contributed by atoms with E-state index in [1.165, 1.54) is 4.88 Å². The topological polar surface area (TPSA) is 42.0 Å². The van der Waals surface area contributed by atoms with Gasteiger partial charge in [0.25, 0.3) is 0 Å². The lowest BCUT2D eigenvalue weighted by Crippen LogP contribution is -2.29. The van der Waals surface area contributed by atoms with Crippen molar-refractivity contribution in [3.63, 3.8) is 0 Å². The first kappa shape index (κ1) is 15.0. The van der Waals surface area contributed by atoms with Crippen molar-refractivity contribution in [3.05, 3.63) is 52.0 Å². The number of carbonyl (C=O) groups excluding carboxylic acids is 1. The third-order valence-electron chi connectivity index (χ3n) is 2.97. The van der Waals surface area contributed by atoms with Crippen LogP contribution in [0, 0.1) is 0 Å². The minimum Gasteiger partial charge on any atom is -0.346 e. The van der Waals surface area contributed by atoms with Crippen LogP contribution in [0.4, 0.5) is 0 Å². The van der Waals surface area contributed by atoms with E-state index in [9.17, 15) is 4.79 Å². The van der Waals surface area contributed by atoms with E-state index in [4.69, 9.17) is 11.6 Å². The van der Waals surface area contributed by atoms with Crippen molar-refractivity contribution in [1.82, 2.24) is 10.3 Å². The molecule has 0 aliphatic rings. The average Bonchev–Trinajstić information content (AvgIpc) is 2.96. The molecule has 1 heterocycles. The van der Waals surface area contributed by atoms with E-state index in [0.29, 0.717) is 0 Å². The number of rotatable bonds is 5. The van der Waals surface area contributed by atoms with Crippen LogP contribution in [-0.2, 0) is 11.2 Å². The summed E-state index contributed by atoms with van der Waals surface area (Å²) in [6.45, 7) is 4.01. The number of amides is 1. The molecule has 0 saturated carbocycles. The highest BCUT2D eigenvalue weighted by Gasteiger charge is 2.20. The van der Waals surface area contributed by atoms with E-state index in [2.05, 4.69) is 17.2 Å². The Kier molecular flexibility index (Phi) is 5.15. The first-order valence-electron chi connectivity index (χ1n) is 6.55. The molecule has 0 radical (unpaired) electrons. The number of carbonyl (C=O) groups is 1. The van der Waals surface area contributed by atoms with Crippen molar-refractivity contribution in [3.8, 4) is 0 Å². The highest BCUT2D eigenvalue weighted by molar-refractivity contribution is 7.11. The van der Waals surface area contributed by atoms with Gasteiger partial charge in [-0.3, -0.25) is 4.79 Å². The molecule has 0 aliphatic carbocycles. The van der Waals surface area contributed by atoms with Crippen molar-refractivity contribution >= 4 is 28.8 Å². The van der Waals surface area contributed by atoms with Crippen LogP contribution in [0.1, 0.15) is 40.7 Å². The molecule has 2 rings (SSSR count). The summed E-state index contributed by atoms with van der Waals surface area (Å²) < 4.78 is 0.